The second kappa shape index (κ2) is 3.59. The van der Waals surface area contributed by atoms with Gasteiger partial charge in [0.15, 0.2) is 0 Å². The van der Waals surface area contributed by atoms with Crippen LogP contribution in [0.4, 0.5) is 0 Å². The normalized spacial score (nSPS) is 13.1. The molecule has 0 saturated carbocycles. The van der Waals surface area contributed by atoms with E-state index < -0.39 is 6.10 Å². The highest BCUT2D eigenvalue weighted by molar-refractivity contribution is 7.12. The van der Waals surface area contributed by atoms with Crippen LogP contribution in [0.25, 0.3) is 0 Å². The second-order valence-electron chi connectivity index (χ2n) is 3.35. The zero-order valence-electron chi connectivity index (χ0n) is 8.15. The maximum Gasteiger partial charge on any atom is 0.116 e. The van der Waals surface area contributed by atoms with E-state index in [0.717, 1.165) is 10.4 Å². The molecular formula is C11H12O2S. The second-order valence-corrected chi connectivity index (χ2v) is 4.64. The molecule has 2 aromatic heterocycles. The predicted molar refractivity (Wildman–Crippen MR) is 56.6 cm³/mol. The van der Waals surface area contributed by atoms with Crippen LogP contribution in [0.3, 0.4) is 0 Å². The standard InChI is InChI=1S/C11H12O2S/c1-7-5-10(14-8(7)2)11(12)9-3-4-13-6-9/h3-6,11-12H,1-2H3. The first-order chi connectivity index (χ1) is 6.68. The van der Waals surface area contributed by atoms with Crippen molar-refractivity contribution in [3.63, 3.8) is 0 Å². The smallest absolute Gasteiger partial charge is 0.116 e. The Labute approximate surface area is 86.8 Å². The van der Waals surface area contributed by atoms with E-state index in [0.29, 0.717) is 0 Å². The molecule has 0 aromatic carbocycles. The fraction of sp³-hybridized carbons (Fsp3) is 0.273. The Morgan fingerprint density at radius 2 is 2.21 bits per heavy atom. The van der Waals surface area contributed by atoms with Crippen LogP contribution < -0.4 is 0 Å². The van der Waals surface area contributed by atoms with Crippen molar-refractivity contribution in [2.75, 3.05) is 0 Å². The topological polar surface area (TPSA) is 33.4 Å². The van der Waals surface area contributed by atoms with Gasteiger partial charge in [-0.2, -0.15) is 0 Å². The van der Waals surface area contributed by atoms with E-state index in [2.05, 4.69) is 13.8 Å². The lowest BCUT2D eigenvalue weighted by Gasteiger charge is -2.03. The van der Waals surface area contributed by atoms with Gasteiger partial charge in [-0.05, 0) is 31.5 Å². The summed E-state index contributed by atoms with van der Waals surface area (Å²) in [5.41, 5.74) is 2.04. The number of rotatable bonds is 2. The lowest BCUT2D eigenvalue weighted by molar-refractivity contribution is 0.223. The minimum absolute atomic E-state index is 0.550. The maximum absolute atomic E-state index is 9.97. The SMILES string of the molecule is Cc1cc(C(O)c2ccoc2)sc1C. The Bertz CT molecular complexity index is 395. The number of aliphatic hydroxyl groups excluding tert-OH is 1. The lowest BCUT2D eigenvalue weighted by Crippen LogP contribution is -1.93. The van der Waals surface area contributed by atoms with Gasteiger partial charge in [-0.3, -0.25) is 0 Å². The lowest BCUT2D eigenvalue weighted by atomic mass is 10.1. The zero-order chi connectivity index (χ0) is 10.1. The van der Waals surface area contributed by atoms with Crippen molar-refractivity contribution in [3.05, 3.63) is 45.5 Å². The average Bonchev–Trinajstić information content (AvgIpc) is 2.76. The first kappa shape index (κ1) is 9.49. The summed E-state index contributed by atoms with van der Waals surface area (Å²) in [6.45, 7) is 4.11. The van der Waals surface area contributed by atoms with Crippen LogP contribution in [-0.4, -0.2) is 5.11 Å². The first-order valence-electron chi connectivity index (χ1n) is 4.45. The highest BCUT2D eigenvalue weighted by Gasteiger charge is 2.14. The van der Waals surface area contributed by atoms with Crippen molar-refractivity contribution in [1.82, 2.24) is 0 Å². The summed E-state index contributed by atoms with van der Waals surface area (Å²) in [5, 5.41) is 9.97. The Hall–Kier alpha value is -1.06. The summed E-state index contributed by atoms with van der Waals surface area (Å²) < 4.78 is 4.94. The fourth-order valence-corrected chi connectivity index (χ4v) is 2.39. The minimum atomic E-state index is -0.550. The molecule has 0 saturated heterocycles. The number of hydrogen-bond acceptors (Lipinski definition) is 3. The van der Waals surface area contributed by atoms with Gasteiger partial charge < -0.3 is 9.52 Å². The summed E-state index contributed by atoms with van der Waals surface area (Å²) in [6.07, 6.45) is 2.60. The molecule has 0 aliphatic heterocycles. The Kier molecular flexibility index (Phi) is 2.44. The molecular weight excluding hydrogens is 196 g/mol. The van der Waals surface area contributed by atoms with Crippen LogP contribution >= 0.6 is 11.3 Å². The van der Waals surface area contributed by atoms with Crippen LogP contribution in [0.5, 0.6) is 0 Å². The summed E-state index contributed by atoms with van der Waals surface area (Å²) in [7, 11) is 0. The number of aryl methyl sites for hydroxylation is 2. The third-order valence-corrected chi connectivity index (χ3v) is 3.52. The van der Waals surface area contributed by atoms with Crippen LogP contribution in [0, 0.1) is 13.8 Å². The van der Waals surface area contributed by atoms with Crippen LogP contribution in [0.15, 0.2) is 29.1 Å². The van der Waals surface area contributed by atoms with Crippen LogP contribution in [-0.2, 0) is 0 Å². The number of thiophene rings is 1. The number of hydrogen-bond donors (Lipinski definition) is 1. The van der Waals surface area contributed by atoms with Crippen LogP contribution in [0.1, 0.15) is 27.0 Å². The highest BCUT2D eigenvalue weighted by atomic mass is 32.1. The molecule has 2 aromatic rings. The molecule has 3 heteroatoms. The Morgan fingerprint density at radius 3 is 2.71 bits per heavy atom. The summed E-state index contributed by atoms with van der Waals surface area (Å²) >= 11 is 1.63. The average molecular weight is 208 g/mol. The van der Waals surface area contributed by atoms with Gasteiger partial charge in [0.1, 0.15) is 6.10 Å². The monoisotopic (exact) mass is 208 g/mol. The Morgan fingerprint density at radius 1 is 1.43 bits per heavy atom. The first-order valence-corrected chi connectivity index (χ1v) is 5.27. The van der Waals surface area contributed by atoms with Crippen LogP contribution in [0.2, 0.25) is 0 Å². The van der Waals surface area contributed by atoms with Crippen molar-refractivity contribution in [2.24, 2.45) is 0 Å². The largest absolute Gasteiger partial charge is 0.472 e. The quantitative estimate of drug-likeness (QED) is 0.823. The molecule has 0 aliphatic carbocycles. The van der Waals surface area contributed by atoms with Crippen molar-refractivity contribution in [2.45, 2.75) is 20.0 Å². The fourth-order valence-electron chi connectivity index (χ4n) is 1.33. The molecule has 14 heavy (non-hydrogen) atoms. The van der Waals surface area contributed by atoms with Gasteiger partial charge in [0, 0.05) is 15.3 Å². The number of aliphatic hydroxyl groups is 1. The molecule has 0 amide bonds. The van der Waals surface area contributed by atoms with Crippen molar-refractivity contribution in [3.8, 4) is 0 Å². The van der Waals surface area contributed by atoms with Crippen molar-refractivity contribution in [1.29, 1.82) is 0 Å². The van der Waals surface area contributed by atoms with E-state index in [4.69, 9.17) is 4.42 Å². The minimum Gasteiger partial charge on any atom is -0.472 e. The van der Waals surface area contributed by atoms with Gasteiger partial charge in [-0.25, -0.2) is 0 Å². The molecule has 1 atom stereocenters. The Balaban J connectivity index is 2.32. The molecule has 74 valence electrons. The predicted octanol–water partition coefficient (Wildman–Crippen LogP) is 3.04. The summed E-state index contributed by atoms with van der Waals surface area (Å²) in [5.74, 6) is 0. The van der Waals surface area contributed by atoms with Gasteiger partial charge in [0.25, 0.3) is 0 Å². The number of furan rings is 1. The molecule has 0 radical (unpaired) electrons. The van der Waals surface area contributed by atoms with E-state index >= 15 is 0 Å². The molecule has 1 N–H and O–H groups in total. The van der Waals surface area contributed by atoms with Crippen molar-refractivity contribution < 1.29 is 9.52 Å². The van der Waals surface area contributed by atoms with Gasteiger partial charge >= 0.3 is 0 Å². The summed E-state index contributed by atoms with van der Waals surface area (Å²) in [4.78, 5) is 2.23. The van der Waals surface area contributed by atoms with E-state index in [1.807, 2.05) is 6.07 Å². The van der Waals surface area contributed by atoms with Gasteiger partial charge in [-0.1, -0.05) is 0 Å². The zero-order valence-corrected chi connectivity index (χ0v) is 8.97. The van der Waals surface area contributed by atoms with E-state index in [1.54, 1.807) is 29.9 Å². The molecule has 1 unspecified atom stereocenters. The third-order valence-electron chi connectivity index (χ3n) is 2.31. The third kappa shape index (κ3) is 1.61. The van der Waals surface area contributed by atoms with E-state index in [9.17, 15) is 5.11 Å². The molecule has 2 rings (SSSR count). The van der Waals surface area contributed by atoms with E-state index in [1.165, 1.54) is 10.4 Å². The van der Waals surface area contributed by atoms with E-state index in [-0.39, 0.29) is 0 Å². The molecule has 0 bridgehead atoms. The highest BCUT2D eigenvalue weighted by Crippen LogP contribution is 2.30. The van der Waals surface area contributed by atoms with Gasteiger partial charge in [-0.15, -0.1) is 11.3 Å². The molecule has 0 spiro atoms. The maximum atomic E-state index is 9.97. The van der Waals surface area contributed by atoms with Gasteiger partial charge in [0.2, 0.25) is 0 Å². The molecule has 2 heterocycles. The molecule has 0 fully saturated rings. The summed E-state index contributed by atoms with van der Waals surface area (Å²) in [6, 6.07) is 3.81. The van der Waals surface area contributed by atoms with Crippen molar-refractivity contribution >= 4 is 11.3 Å². The molecule has 2 nitrogen and oxygen atoms in total. The van der Waals surface area contributed by atoms with Gasteiger partial charge in [0.05, 0.1) is 12.5 Å². The molecule has 0 aliphatic rings.